The second kappa shape index (κ2) is 4.82. The smallest absolute Gasteiger partial charge is 0.0736 e. The van der Waals surface area contributed by atoms with Gasteiger partial charge in [0, 0.05) is 10.8 Å². The van der Waals surface area contributed by atoms with E-state index in [-0.39, 0.29) is 0 Å². The first kappa shape index (κ1) is 12.4. The molecule has 0 saturated carbocycles. The molecule has 0 amide bonds. The van der Waals surface area contributed by atoms with Crippen LogP contribution in [0.1, 0.15) is 41.3 Å². The molecule has 1 aliphatic rings. The zero-order valence-corrected chi connectivity index (χ0v) is 13.1. The van der Waals surface area contributed by atoms with Gasteiger partial charge in [0.15, 0.2) is 0 Å². The molecule has 0 fully saturated rings. The molecule has 0 spiro atoms. The highest BCUT2D eigenvalue weighted by atomic mass is 79.9. The average molecular weight is 321 g/mol. The second-order valence-corrected chi connectivity index (χ2v) is 7.54. The van der Waals surface area contributed by atoms with Gasteiger partial charge in [-0.05, 0) is 51.4 Å². The van der Waals surface area contributed by atoms with Gasteiger partial charge in [0.1, 0.15) is 0 Å². The maximum Gasteiger partial charge on any atom is 0.0736 e. The lowest BCUT2D eigenvalue weighted by molar-refractivity contribution is 0.556. The van der Waals surface area contributed by atoms with Crippen molar-refractivity contribution in [1.82, 2.24) is 0 Å². The normalized spacial score (nSPS) is 22.2. The minimum Gasteiger partial charge on any atom is -0.133 e. The number of rotatable bonds is 2. The fraction of sp³-hybridized carbons (Fsp3) is 0.375. The molecule has 0 aliphatic heterocycles. The topological polar surface area (TPSA) is 0 Å². The molecule has 1 aromatic carbocycles. The Morgan fingerprint density at radius 1 is 1.28 bits per heavy atom. The molecule has 2 atom stereocenters. The SMILES string of the molecule is CCc1c(Br)sc2c1[C@@H](c1ccccc1)[C@@H](C)C2. The van der Waals surface area contributed by atoms with Crippen molar-refractivity contribution < 1.29 is 0 Å². The Bertz CT molecular complexity index is 556. The van der Waals surface area contributed by atoms with Gasteiger partial charge < -0.3 is 0 Å². The van der Waals surface area contributed by atoms with E-state index in [0.717, 1.165) is 12.3 Å². The van der Waals surface area contributed by atoms with E-state index < -0.39 is 0 Å². The molecule has 1 aromatic heterocycles. The molecular formula is C16H17BrS. The number of hydrogen-bond acceptors (Lipinski definition) is 1. The molecule has 0 unspecified atom stereocenters. The molecule has 3 rings (SSSR count). The third kappa shape index (κ3) is 1.86. The zero-order chi connectivity index (χ0) is 12.7. The molecule has 94 valence electrons. The number of fused-ring (bicyclic) bond motifs is 1. The first-order valence-electron chi connectivity index (χ1n) is 6.57. The van der Waals surface area contributed by atoms with Crippen molar-refractivity contribution in [1.29, 1.82) is 0 Å². The summed E-state index contributed by atoms with van der Waals surface area (Å²) in [6.45, 7) is 4.65. The second-order valence-electron chi connectivity index (χ2n) is 5.11. The summed E-state index contributed by atoms with van der Waals surface area (Å²) in [6, 6.07) is 11.0. The van der Waals surface area contributed by atoms with Crippen molar-refractivity contribution in [2.45, 2.75) is 32.6 Å². The predicted molar refractivity (Wildman–Crippen MR) is 82.6 cm³/mol. The van der Waals surface area contributed by atoms with E-state index in [1.807, 2.05) is 11.3 Å². The molecule has 0 N–H and O–H groups in total. The van der Waals surface area contributed by atoms with Gasteiger partial charge >= 0.3 is 0 Å². The maximum atomic E-state index is 3.74. The van der Waals surface area contributed by atoms with Crippen LogP contribution in [0.5, 0.6) is 0 Å². The molecule has 1 heterocycles. The van der Waals surface area contributed by atoms with Crippen LogP contribution in [-0.4, -0.2) is 0 Å². The van der Waals surface area contributed by atoms with Crippen LogP contribution < -0.4 is 0 Å². The van der Waals surface area contributed by atoms with E-state index >= 15 is 0 Å². The summed E-state index contributed by atoms with van der Waals surface area (Å²) in [6.07, 6.45) is 2.36. The number of hydrogen-bond donors (Lipinski definition) is 0. The fourth-order valence-electron chi connectivity index (χ4n) is 3.19. The Hall–Kier alpha value is -0.600. The first-order chi connectivity index (χ1) is 8.72. The molecule has 0 radical (unpaired) electrons. The van der Waals surface area contributed by atoms with Crippen LogP contribution in [0, 0.1) is 5.92 Å². The average Bonchev–Trinajstić information content (AvgIpc) is 2.83. The van der Waals surface area contributed by atoms with E-state index in [1.54, 1.807) is 10.4 Å². The van der Waals surface area contributed by atoms with Gasteiger partial charge in [0.25, 0.3) is 0 Å². The lowest BCUT2D eigenvalue weighted by atomic mass is 9.85. The molecule has 0 bridgehead atoms. The quantitative estimate of drug-likeness (QED) is 0.695. The van der Waals surface area contributed by atoms with Crippen molar-refractivity contribution >= 4 is 27.3 Å². The van der Waals surface area contributed by atoms with E-state index in [9.17, 15) is 0 Å². The van der Waals surface area contributed by atoms with Crippen LogP contribution in [-0.2, 0) is 12.8 Å². The number of benzene rings is 1. The predicted octanol–water partition coefficient (Wildman–Crippen LogP) is 5.40. The molecule has 18 heavy (non-hydrogen) atoms. The minimum atomic E-state index is 0.596. The molecule has 1 aliphatic carbocycles. The lowest BCUT2D eigenvalue weighted by Gasteiger charge is -2.18. The summed E-state index contributed by atoms with van der Waals surface area (Å²) in [4.78, 5) is 1.60. The highest BCUT2D eigenvalue weighted by molar-refractivity contribution is 9.11. The van der Waals surface area contributed by atoms with Crippen LogP contribution in [0.3, 0.4) is 0 Å². The minimum absolute atomic E-state index is 0.596. The monoisotopic (exact) mass is 320 g/mol. The number of halogens is 1. The molecule has 2 aromatic rings. The van der Waals surface area contributed by atoms with Gasteiger partial charge in [-0.2, -0.15) is 0 Å². The van der Waals surface area contributed by atoms with E-state index in [1.165, 1.54) is 21.3 Å². The summed E-state index contributed by atoms with van der Waals surface area (Å²) >= 11 is 5.69. The Balaban J connectivity index is 2.13. The van der Waals surface area contributed by atoms with Crippen LogP contribution in [0.2, 0.25) is 0 Å². The van der Waals surface area contributed by atoms with Gasteiger partial charge in [-0.15, -0.1) is 11.3 Å². The van der Waals surface area contributed by atoms with Crippen molar-refractivity contribution in [3.05, 3.63) is 55.7 Å². The summed E-state index contributed by atoms with van der Waals surface area (Å²) in [5, 5.41) is 0. The number of thiophene rings is 1. The highest BCUT2D eigenvalue weighted by Gasteiger charge is 2.35. The van der Waals surface area contributed by atoms with E-state index in [0.29, 0.717) is 5.92 Å². The summed E-state index contributed by atoms with van der Waals surface area (Å²) in [5.41, 5.74) is 4.63. The largest absolute Gasteiger partial charge is 0.133 e. The van der Waals surface area contributed by atoms with E-state index in [4.69, 9.17) is 0 Å². The van der Waals surface area contributed by atoms with Crippen molar-refractivity contribution in [3.8, 4) is 0 Å². The first-order valence-corrected chi connectivity index (χ1v) is 8.18. The van der Waals surface area contributed by atoms with Crippen molar-refractivity contribution in [2.24, 2.45) is 5.92 Å². The van der Waals surface area contributed by atoms with Crippen LogP contribution in [0.4, 0.5) is 0 Å². The maximum absolute atomic E-state index is 3.74. The van der Waals surface area contributed by atoms with Gasteiger partial charge in [-0.3, -0.25) is 0 Å². The van der Waals surface area contributed by atoms with Crippen LogP contribution >= 0.6 is 27.3 Å². The molecule has 0 saturated heterocycles. The third-order valence-corrected chi connectivity index (χ3v) is 6.00. The molecule has 0 nitrogen and oxygen atoms in total. The summed E-state index contributed by atoms with van der Waals surface area (Å²) in [5.74, 6) is 1.32. The van der Waals surface area contributed by atoms with Gasteiger partial charge in [0.05, 0.1) is 3.79 Å². The Morgan fingerprint density at radius 3 is 2.67 bits per heavy atom. The third-order valence-electron chi connectivity index (χ3n) is 3.98. The Kier molecular flexibility index (Phi) is 3.33. The van der Waals surface area contributed by atoms with Crippen LogP contribution in [0.25, 0.3) is 0 Å². The molecule has 2 heteroatoms. The van der Waals surface area contributed by atoms with Gasteiger partial charge in [-0.25, -0.2) is 0 Å². The van der Waals surface area contributed by atoms with Crippen LogP contribution in [0.15, 0.2) is 34.1 Å². The highest BCUT2D eigenvalue weighted by Crippen LogP contribution is 2.50. The fourth-order valence-corrected chi connectivity index (χ4v) is 5.57. The Morgan fingerprint density at radius 2 is 2.00 bits per heavy atom. The standard InChI is InChI=1S/C16H17BrS/c1-3-12-15-13(18-16(12)17)9-10(2)14(15)11-7-5-4-6-8-11/h4-8,10,14H,3,9H2,1-2H3/t10-,14+/m0/s1. The van der Waals surface area contributed by atoms with E-state index in [2.05, 4.69) is 60.1 Å². The van der Waals surface area contributed by atoms with Gasteiger partial charge in [-0.1, -0.05) is 44.2 Å². The zero-order valence-electron chi connectivity index (χ0n) is 10.7. The van der Waals surface area contributed by atoms with Crippen molar-refractivity contribution in [2.75, 3.05) is 0 Å². The summed E-state index contributed by atoms with van der Waals surface area (Å²) in [7, 11) is 0. The molecular weight excluding hydrogens is 304 g/mol. The summed E-state index contributed by atoms with van der Waals surface area (Å²) < 4.78 is 1.35. The van der Waals surface area contributed by atoms with Crippen molar-refractivity contribution in [3.63, 3.8) is 0 Å². The lowest BCUT2D eigenvalue weighted by Crippen LogP contribution is -2.07. The van der Waals surface area contributed by atoms with Gasteiger partial charge in [0.2, 0.25) is 0 Å². The Labute approximate surface area is 121 Å².